The van der Waals surface area contributed by atoms with Crippen LogP contribution in [-0.4, -0.2) is 60.5 Å². The lowest BCUT2D eigenvalue weighted by atomic mass is 10.1. The number of ether oxygens (including phenoxy) is 1. The number of rotatable bonds is 6. The molecule has 0 amide bonds. The van der Waals surface area contributed by atoms with E-state index < -0.39 is 20.0 Å². The molecule has 2 fully saturated rings. The van der Waals surface area contributed by atoms with Gasteiger partial charge in [0.2, 0.25) is 10.0 Å². The monoisotopic (exact) mass is 515 g/mol. The van der Waals surface area contributed by atoms with Crippen LogP contribution in [0.4, 0.5) is 11.4 Å². The summed E-state index contributed by atoms with van der Waals surface area (Å²) in [6.07, 6.45) is 3.13. The van der Waals surface area contributed by atoms with Crippen LogP contribution in [0.5, 0.6) is 0 Å². The Morgan fingerprint density at radius 2 is 1.40 bits per heavy atom. The zero-order valence-electron chi connectivity index (χ0n) is 19.4. The van der Waals surface area contributed by atoms with Crippen LogP contribution in [0.1, 0.15) is 19.3 Å². The highest BCUT2D eigenvalue weighted by Gasteiger charge is 2.29. The van der Waals surface area contributed by atoms with Gasteiger partial charge >= 0.3 is 0 Å². The summed E-state index contributed by atoms with van der Waals surface area (Å²) in [5, 5.41) is 1.76. The second kappa shape index (κ2) is 9.77. The summed E-state index contributed by atoms with van der Waals surface area (Å²) >= 11 is 0. The van der Waals surface area contributed by atoms with Crippen LogP contribution in [0, 0.1) is 0 Å². The maximum Gasteiger partial charge on any atom is 0.261 e. The molecule has 0 aliphatic carbocycles. The van der Waals surface area contributed by atoms with E-state index >= 15 is 0 Å². The van der Waals surface area contributed by atoms with Gasteiger partial charge in [-0.25, -0.2) is 16.8 Å². The number of morpholine rings is 1. The molecule has 0 saturated carbocycles. The lowest BCUT2D eigenvalue weighted by molar-refractivity contribution is 0.0730. The van der Waals surface area contributed by atoms with Crippen molar-refractivity contribution in [3.8, 4) is 0 Å². The van der Waals surface area contributed by atoms with E-state index in [0.717, 1.165) is 43.1 Å². The average molecular weight is 516 g/mol. The first-order valence-corrected chi connectivity index (χ1v) is 14.8. The second-order valence-corrected chi connectivity index (χ2v) is 12.5. The molecule has 1 N–H and O–H groups in total. The smallest absolute Gasteiger partial charge is 0.261 e. The third kappa shape index (κ3) is 5.02. The van der Waals surface area contributed by atoms with Gasteiger partial charge in [0.15, 0.2) is 0 Å². The van der Waals surface area contributed by atoms with Crippen LogP contribution in [0.3, 0.4) is 0 Å². The van der Waals surface area contributed by atoms with Crippen LogP contribution < -0.4 is 9.62 Å². The predicted octanol–water partition coefficient (Wildman–Crippen LogP) is 3.65. The van der Waals surface area contributed by atoms with Crippen molar-refractivity contribution in [1.29, 1.82) is 0 Å². The zero-order chi connectivity index (χ0) is 24.5. The Kier molecular flexibility index (Phi) is 6.71. The van der Waals surface area contributed by atoms with Gasteiger partial charge in [0.25, 0.3) is 10.0 Å². The number of piperidine rings is 1. The van der Waals surface area contributed by atoms with Crippen molar-refractivity contribution >= 4 is 42.2 Å². The molecule has 35 heavy (non-hydrogen) atoms. The fourth-order valence-corrected chi connectivity index (χ4v) is 7.18. The standard InChI is InChI=1S/C25H29N3O5S2/c29-34(30,22-9-8-20-6-2-3-7-21(20)18-22)26-24-19-23(35(31,32)28-14-16-33-17-15-28)10-11-25(24)27-12-4-1-5-13-27/h2-3,6-11,18-19,26H,1,4-5,12-17H2. The van der Waals surface area contributed by atoms with E-state index in [2.05, 4.69) is 9.62 Å². The van der Waals surface area contributed by atoms with E-state index in [0.29, 0.717) is 18.9 Å². The van der Waals surface area contributed by atoms with Gasteiger partial charge in [-0.15, -0.1) is 0 Å². The Morgan fingerprint density at radius 3 is 2.14 bits per heavy atom. The normalized spacial score (nSPS) is 18.0. The Morgan fingerprint density at radius 1 is 0.714 bits per heavy atom. The molecule has 10 heteroatoms. The van der Waals surface area contributed by atoms with Crippen molar-refractivity contribution in [1.82, 2.24) is 4.31 Å². The minimum atomic E-state index is -3.96. The maximum absolute atomic E-state index is 13.4. The summed E-state index contributed by atoms with van der Waals surface area (Å²) in [5.41, 5.74) is 0.962. The number of benzene rings is 3. The SMILES string of the molecule is O=S(=O)(Nc1cc(S(=O)(=O)N2CCOCC2)ccc1N1CCCCC1)c1ccc2ccccc2c1. The highest BCUT2D eigenvalue weighted by molar-refractivity contribution is 7.92. The van der Waals surface area contributed by atoms with Crippen molar-refractivity contribution in [2.24, 2.45) is 0 Å². The lowest BCUT2D eigenvalue weighted by Gasteiger charge is -2.31. The fraction of sp³-hybridized carbons (Fsp3) is 0.360. The number of hydrogen-bond acceptors (Lipinski definition) is 6. The van der Waals surface area contributed by atoms with Gasteiger partial charge in [-0.1, -0.05) is 30.3 Å². The summed E-state index contributed by atoms with van der Waals surface area (Å²) in [7, 11) is -7.74. The van der Waals surface area contributed by atoms with Crippen molar-refractivity contribution in [3.05, 3.63) is 60.7 Å². The molecule has 2 aliphatic rings. The number of sulfonamides is 2. The Bertz CT molecular complexity index is 1430. The van der Waals surface area contributed by atoms with Crippen molar-refractivity contribution < 1.29 is 21.6 Å². The minimum Gasteiger partial charge on any atom is -0.379 e. The fourth-order valence-electron chi connectivity index (χ4n) is 4.64. The molecule has 186 valence electrons. The van der Waals surface area contributed by atoms with Crippen LogP contribution in [0.25, 0.3) is 10.8 Å². The molecule has 0 radical (unpaired) electrons. The largest absolute Gasteiger partial charge is 0.379 e. The zero-order valence-corrected chi connectivity index (χ0v) is 21.0. The number of nitrogens with zero attached hydrogens (tertiary/aromatic N) is 2. The molecule has 3 aromatic rings. The molecular formula is C25H29N3O5S2. The van der Waals surface area contributed by atoms with Crippen molar-refractivity contribution in [2.45, 2.75) is 29.1 Å². The molecule has 3 aromatic carbocycles. The highest BCUT2D eigenvalue weighted by atomic mass is 32.2. The summed E-state index contributed by atoms with van der Waals surface area (Å²) in [5.74, 6) is 0. The summed E-state index contributed by atoms with van der Waals surface area (Å²) < 4.78 is 62.8. The summed E-state index contributed by atoms with van der Waals surface area (Å²) in [6, 6.07) is 17.3. The topological polar surface area (TPSA) is 96.0 Å². The predicted molar refractivity (Wildman–Crippen MR) is 137 cm³/mol. The third-order valence-corrected chi connectivity index (χ3v) is 9.81. The maximum atomic E-state index is 13.4. The number of anilines is 2. The van der Waals surface area contributed by atoms with E-state index in [-0.39, 0.29) is 28.6 Å². The molecule has 0 aromatic heterocycles. The highest BCUT2D eigenvalue weighted by Crippen LogP contribution is 2.34. The molecule has 2 saturated heterocycles. The molecule has 0 unspecified atom stereocenters. The third-order valence-electron chi connectivity index (χ3n) is 6.55. The van der Waals surface area contributed by atoms with Crippen LogP contribution in [-0.2, 0) is 24.8 Å². The lowest BCUT2D eigenvalue weighted by Crippen LogP contribution is -2.40. The van der Waals surface area contributed by atoms with Gasteiger partial charge < -0.3 is 9.64 Å². The van der Waals surface area contributed by atoms with E-state index in [1.807, 2.05) is 24.3 Å². The minimum absolute atomic E-state index is 0.0661. The van der Waals surface area contributed by atoms with E-state index in [1.165, 1.54) is 10.4 Å². The number of fused-ring (bicyclic) bond motifs is 1. The summed E-state index contributed by atoms with van der Waals surface area (Å²) in [6.45, 7) is 2.81. The first-order valence-electron chi connectivity index (χ1n) is 11.8. The van der Waals surface area contributed by atoms with E-state index in [9.17, 15) is 16.8 Å². The molecule has 0 atom stereocenters. The van der Waals surface area contributed by atoms with Crippen LogP contribution in [0.15, 0.2) is 70.5 Å². The van der Waals surface area contributed by atoms with Gasteiger partial charge in [0, 0.05) is 26.2 Å². The van der Waals surface area contributed by atoms with E-state index in [4.69, 9.17) is 4.74 Å². The van der Waals surface area contributed by atoms with Gasteiger partial charge in [-0.3, -0.25) is 4.72 Å². The van der Waals surface area contributed by atoms with Crippen molar-refractivity contribution in [2.75, 3.05) is 49.0 Å². The Labute approximate surface area is 206 Å². The van der Waals surface area contributed by atoms with Gasteiger partial charge in [-0.2, -0.15) is 4.31 Å². The second-order valence-electron chi connectivity index (χ2n) is 8.86. The van der Waals surface area contributed by atoms with Gasteiger partial charge in [-0.05, 0) is 60.4 Å². The first-order chi connectivity index (χ1) is 16.8. The Balaban J connectivity index is 1.54. The molecule has 5 rings (SSSR count). The molecule has 2 heterocycles. The van der Waals surface area contributed by atoms with Gasteiger partial charge in [0.1, 0.15) is 0 Å². The first kappa shape index (κ1) is 24.1. The molecular weight excluding hydrogens is 486 g/mol. The molecule has 8 nitrogen and oxygen atoms in total. The number of hydrogen-bond donors (Lipinski definition) is 1. The quantitative estimate of drug-likeness (QED) is 0.538. The summed E-state index contributed by atoms with van der Waals surface area (Å²) in [4.78, 5) is 2.31. The van der Waals surface area contributed by atoms with Crippen molar-refractivity contribution in [3.63, 3.8) is 0 Å². The van der Waals surface area contributed by atoms with Crippen LogP contribution in [0.2, 0.25) is 0 Å². The van der Waals surface area contributed by atoms with Crippen LogP contribution >= 0.6 is 0 Å². The molecule has 2 aliphatic heterocycles. The van der Waals surface area contributed by atoms with Gasteiger partial charge in [0.05, 0.1) is 34.4 Å². The van der Waals surface area contributed by atoms with E-state index in [1.54, 1.807) is 30.3 Å². The average Bonchev–Trinajstić information content (AvgIpc) is 2.89. The molecule has 0 spiro atoms. The Hall–Kier alpha value is -2.66. The molecule has 0 bridgehead atoms. The number of nitrogens with one attached hydrogen (secondary N) is 1.